The van der Waals surface area contributed by atoms with Gasteiger partial charge < -0.3 is 65.1 Å². The Labute approximate surface area is 463 Å². The Bertz CT molecular complexity index is 1330. The Balaban J connectivity index is 1.64. The molecule has 2 aliphatic rings. The van der Waals surface area contributed by atoms with Crippen molar-refractivity contribution in [3.05, 3.63) is 12.2 Å². The molecule has 2 rings (SSSR count). The van der Waals surface area contributed by atoms with Crippen LogP contribution in [0.15, 0.2) is 12.2 Å². The van der Waals surface area contributed by atoms with Crippen molar-refractivity contribution in [1.82, 2.24) is 5.32 Å². The molecule has 0 bridgehead atoms. The summed E-state index contributed by atoms with van der Waals surface area (Å²) in [4.78, 5) is 13.2. The highest BCUT2D eigenvalue weighted by Gasteiger charge is 2.51. The Kier molecular flexibility index (Phi) is 45.1. The number of aliphatic hydroxyl groups excluding tert-OH is 8. The molecule has 2 aliphatic heterocycles. The summed E-state index contributed by atoms with van der Waals surface area (Å²) in [6, 6.07) is -0.909. The number of allylic oxidation sites excluding steroid dienone is 1. The van der Waals surface area contributed by atoms with Crippen LogP contribution < -0.4 is 5.32 Å². The first-order valence-electron chi connectivity index (χ1n) is 31.9. The van der Waals surface area contributed by atoms with Crippen LogP contribution >= 0.6 is 0 Å². The summed E-state index contributed by atoms with van der Waals surface area (Å²) in [7, 11) is 0. The smallest absolute Gasteiger partial charge is 0.220 e. The zero-order valence-corrected chi connectivity index (χ0v) is 48.5. The van der Waals surface area contributed by atoms with Crippen molar-refractivity contribution in [1.29, 1.82) is 0 Å². The van der Waals surface area contributed by atoms with Gasteiger partial charge in [-0.2, -0.15) is 0 Å². The molecule has 0 aromatic carbocycles. The molecule has 14 heteroatoms. The maximum absolute atomic E-state index is 13.2. The van der Waals surface area contributed by atoms with Gasteiger partial charge in [0.05, 0.1) is 32.0 Å². The van der Waals surface area contributed by atoms with Gasteiger partial charge in [-0.05, 0) is 19.3 Å². The summed E-state index contributed by atoms with van der Waals surface area (Å²) in [5.74, 6) is -0.237. The van der Waals surface area contributed by atoms with Crippen molar-refractivity contribution >= 4 is 5.91 Å². The van der Waals surface area contributed by atoms with Gasteiger partial charge in [0.15, 0.2) is 12.6 Å². The molecule has 0 radical (unpaired) electrons. The first-order chi connectivity index (χ1) is 37.1. The zero-order chi connectivity index (χ0) is 55.3. The van der Waals surface area contributed by atoms with E-state index in [4.69, 9.17) is 18.9 Å². The Morgan fingerprint density at radius 2 is 0.816 bits per heavy atom. The van der Waals surface area contributed by atoms with Crippen LogP contribution in [0.4, 0.5) is 0 Å². The SMILES string of the molecule is CCCCCCCCCCCCCCCCCCCCCCCCCCCCCCC/C=C/C(O)C(COC1OC(CO)C(OC2OC(CO)C(O)C(O)C2O)C(O)C1O)NC(=O)CCCCCCCCCCCCC. The predicted octanol–water partition coefficient (Wildman–Crippen LogP) is 11.5. The number of ether oxygens (including phenoxy) is 4. The van der Waals surface area contributed by atoms with E-state index in [1.165, 1.54) is 218 Å². The van der Waals surface area contributed by atoms with Crippen molar-refractivity contribution in [3.8, 4) is 0 Å². The molecule has 0 spiro atoms. The quantitative estimate of drug-likeness (QED) is 0.0204. The van der Waals surface area contributed by atoms with E-state index in [-0.39, 0.29) is 18.9 Å². The van der Waals surface area contributed by atoms with Gasteiger partial charge in [-0.3, -0.25) is 4.79 Å². The van der Waals surface area contributed by atoms with Gasteiger partial charge in [0.2, 0.25) is 5.91 Å². The number of carbonyl (C=O) groups is 1. The largest absolute Gasteiger partial charge is 0.394 e. The van der Waals surface area contributed by atoms with E-state index in [0.29, 0.717) is 6.42 Å². The van der Waals surface area contributed by atoms with Gasteiger partial charge in [0, 0.05) is 6.42 Å². The summed E-state index contributed by atoms with van der Waals surface area (Å²) in [5.41, 5.74) is 0. The highest BCUT2D eigenvalue weighted by Crippen LogP contribution is 2.30. The van der Waals surface area contributed by atoms with E-state index in [2.05, 4.69) is 19.2 Å². The summed E-state index contributed by atoms with van der Waals surface area (Å²) in [6.07, 6.45) is 40.0. The van der Waals surface area contributed by atoms with Gasteiger partial charge in [0.25, 0.3) is 0 Å². The molecular formula is C62H119NO13. The third kappa shape index (κ3) is 33.5. The number of hydrogen-bond acceptors (Lipinski definition) is 13. The zero-order valence-electron chi connectivity index (χ0n) is 48.5. The van der Waals surface area contributed by atoms with E-state index >= 15 is 0 Å². The molecule has 2 heterocycles. The van der Waals surface area contributed by atoms with Crippen LogP contribution in [0.2, 0.25) is 0 Å². The molecule has 2 fully saturated rings. The molecule has 14 nitrogen and oxygen atoms in total. The lowest BCUT2D eigenvalue weighted by molar-refractivity contribution is -0.359. The monoisotopic (exact) mass is 1090 g/mol. The highest BCUT2D eigenvalue weighted by atomic mass is 16.7. The van der Waals surface area contributed by atoms with Crippen LogP contribution in [0.1, 0.15) is 284 Å². The summed E-state index contributed by atoms with van der Waals surface area (Å²) in [6.45, 7) is 2.81. The van der Waals surface area contributed by atoms with E-state index in [0.717, 1.165) is 38.5 Å². The Morgan fingerprint density at radius 1 is 0.461 bits per heavy atom. The van der Waals surface area contributed by atoms with Crippen LogP contribution in [0.25, 0.3) is 0 Å². The van der Waals surface area contributed by atoms with Crippen molar-refractivity contribution in [2.75, 3.05) is 19.8 Å². The fraction of sp³-hybridized carbons (Fsp3) is 0.952. The average Bonchev–Trinajstić information content (AvgIpc) is 3.42. The fourth-order valence-electron chi connectivity index (χ4n) is 10.8. The lowest BCUT2D eigenvalue weighted by Gasteiger charge is -2.46. The normalized spacial score (nSPS) is 24.9. The molecule has 0 aromatic rings. The van der Waals surface area contributed by atoms with Gasteiger partial charge in [-0.25, -0.2) is 0 Å². The summed E-state index contributed by atoms with van der Waals surface area (Å²) < 4.78 is 22.8. The van der Waals surface area contributed by atoms with Crippen LogP contribution in [-0.2, 0) is 23.7 Å². The number of carbonyl (C=O) groups excluding carboxylic acids is 1. The maximum atomic E-state index is 13.2. The molecule has 12 unspecified atom stereocenters. The maximum Gasteiger partial charge on any atom is 0.220 e. The lowest BCUT2D eigenvalue weighted by atomic mass is 9.97. The highest BCUT2D eigenvalue weighted by molar-refractivity contribution is 5.76. The van der Waals surface area contributed by atoms with Crippen molar-refractivity contribution < 1.29 is 64.6 Å². The average molecular weight is 1090 g/mol. The molecule has 0 aromatic heterocycles. The van der Waals surface area contributed by atoms with Gasteiger partial charge in [-0.1, -0.05) is 270 Å². The second-order valence-corrected chi connectivity index (χ2v) is 22.9. The minimum atomic E-state index is -1.79. The number of unbranched alkanes of at least 4 members (excludes halogenated alkanes) is 39. The van der Waals surface area contributed by atoms with Crippen molar-refractivity contribution in [3.63, 3.8) is 0 Å². The van der Waals surface area contributed by atoms with Crippen molar-refractivity contribution in [2.24, 2.45) is 0 Å². The number of aliphatic hydroxyl groups is 8. The molecule has 0 saturated carbocycles. The minimum absolute atomic E-state index is 0.237. The number of hydrogen-bond donors (Lipinski definition) is 9. The van der Waals surface area contributed by atoms with Crippen LogP contribution in [0.5, 0.6) is 0 Å². The van der Waals surface area contributed by atoms with E-state index in [9.17, 15) is 45.6 Å². The minimum Gasteiger partial charge on any atom is -0.394 e. The van der Waals surface area contributed by atoms with Crippen molar-refractivity contribution in [2.45, 2.75) is 357 Å². The molecule has 0 aliphatic carbocycles. The van der Waals surface area contributed by atoms with E-state index in [1.54, 1.807) is 6.08 Å². The van der Waals surface area contributed by atoms with Gasteiger partial charge in [0.1, 0.15) is 48.8 Å². The van der Waals surface area contributed by atoms with Gasteiger partial charge in [-0.15, -0.1) is 0 Å². The molecule has 1 amide bonds. The molecule has 450 valence electrons. The number of nitrogens with one attached hydrogen (secondary N) is 1. The second kappa shape index (κ2) is 48.4. The second-order valence-electron chi connectivity index (χ2n) is 22.9. The third-order valence-electron chi connectivity index (χ3n) is 16.0. The fourth-order valence-corrected chi connectivity index (χ4v) is 10.8. The Hall–Kier alpha value is -1.27. The lowest BCUT2D eigenvalue weighted by Crippen LogP contribution is -2.65. The number of rotatable bonds is 52. The molecule has 2 saturated heterocycles. The molecule has 12 atom stereocenters. The predicted molar refractivity (Wildman–Crippen MR) is 305 cm³/mol. The summed E-state index contributed by atoms with van der Waals surface area (Å²) >= 11 is 0. The topological polar surface area (TPSA) is 228 Å². The van der Waals surface area contributed by atoms with E-state index < -0.39 is 86.8 Å². The first kappa shape index (κ1) is 70.8. The standard InChI is InChI=1S/C62H119NO13/c1-3-5-7-9-11-13-15-16-17-18-19-20-21-22-23-24-25-26-27-28-29-30-31-32-33-34-36-37-39-41-43-45-51(66)50(63-54(67)46-44-42-40-38-35-14-12-10-8-6-4-2)49-73-61-59(72)57(70)60(53(48-65)75-61)76-62-58(71)56(69)55(68)52(47-64)74-62/h43,45,50-53,55-62,64-66,68-72H,3-42,44,46-49H2,1-2H3,(H,63,67)/b45-43+. The van der Waals surface area contributed by atoms with Crippen LogP contribution in [0, 0.1) is 0 Å². The molecular weight excluding hydrogens is 967 g/mol. The summed E-state index contributed by atoms with van der Waals surface area (Å²) in [5, 5.41) is 87.0. The third-order valence-corrected chi connectivity index (χ3v) is 16.0. The van der Waals surface area contributed by atoms with E-state index in [1.807, 2.05) is 6.08 Å². The molecule has 9 N–H and O–H groups in total. The van der Waals surface area contributed by atoms with Crippen LogP contribution in [0.3, 0.4) is 0 Å². The van der Waals surface area contributed by atoms with Crippen LogP contribution in [-0.4, -0.2) is 140 Å². The first-order valence-corrected chi connectivity index (χ1v) is 31.9. The Morgan fingerprint density at radius 3 is 1.21 bits per heavy atom. The number of amides is 1. The molecule has 76 heavy (non-hydrogen) atoms. The van der Waals surface area contributed by atoms with Gasteiger partial charge >= 0.3 is 0 Å².